The highest BCUT2D eigenvalue weighted by Crippen LogP contribution is 2.22. The van der Waals surface area contributed by atoms with Crippen LogP contribution in [0, 0.1) is 13.8 Å². The normalized spacial score (nSPS) is 11.8. The van der Waals surface area contributed by atoms with Crippen LogP contribution in [0.5, 0.6) is 5.75 Å². The van der Waals surface area contributed by atoms with E-state index in [1.165, 1.54) is 5.56 Å². The van der Waals surface area contributed by atoms with Crippen molar-refractivity contribution >= 4 is 11.6 Å². The van der Waals surface area contributed by atoms with Crippen molar-refractivity contribution in [2.75, 3.05) is 11.9 Å². The topological polar surface area (TPSA) is 38.3 Å². The fraction of sp³-hybridized carbons (Fsp3) is 0.350. The van der Waals surface area contributed by atoms with E-state index in [4.69, 9.17) is 4.74 Å². The summed E-state index contributed by atoms with van der Waals surface area (Å²) in [7, 11) is 0. The molecule has 0 spiro atoms. The van der Waals surface area contributed by atoms with E-state index < -0.39 is 0 Å². The smallest absolute Gasteiger partial charge is 0.262 e. The molecule has 1 amide bonds. The molecule has 3 heteroatoms. The van der Waals surface area contributed by atoms with Crippen LogP contribution in [0.15, 0.2) is 42.5 Å². The predicted molar refractivity (Wildman–Crippen MR) is 95.2 cm³/mol. The third-order valence-corrected chi connectivity index (χ3v) is 4.18. The maximum atomic E-state index is 12.1. The quantitative estimate of drug-likeness (QED) is 0.829. The number of ether oxygens (including phenoxy) is 1. The van der Waals surface area contributed by atoms with E-state index in [9.17, 15) is 4.79 Å². The molecule has 0 saturated carbocycles. The molecule has 1 atom stereocenters. The Kier molecular flexibility index (Phi) is 5.80. The van der Waals surface area contributed by atoms with Crippen molar-refractivity contribution in [3.05, 3.63) is 59.2 Å². The molecule has 0 unspecified atom stereocenters. The Labute approximate surface area is 138 Å². The van der Waals surface area contributed by atoms with Gasteiger partial charge < -0.3 is 10.1 Å². The zero-order chi connectivity index (χ0) is 16.8. The molecule has 0 heterocycles. The Balaban J connectivity index is 1.92. The van der Waals surface area contributed by atoms with Crippen molar-refractivity contribution in [2.45, 2.75) is 40.0 Å². The van der Waals surface area contributed by atoms with Crippen LogP contribution in [-0.4, -0.2) is 12.5 Å². The molecular weight excluding hydrogens is 286 g/mol. The fourth-order valence-corrected chi connectivity index (χ4v) is 2.46. The number of benzene rings is 2. The molecule has 2 aromatic rings. The third-order valence-electron chi connectivity index (χ3n) is 4.18. The second kappa shape index (κ2) is 7.82. The summed E-state index contributed by atoms with van der Waals surface area (Å²) in [5.41, 5.74) is 4.26. The summed E-state index contributed by atoms with van der Waals surface area (Å²) in [4.78, 5) is 12.1. The summed E-state index contributed by atoms with van der Waals surface area (Å²) >= 11 is 0. The lowest BCUT2D eigenvalue weighted by Crippen LogP contribution is -2.21. The Bertz CT molecular complexity index is 642. The van der Waals surface area contributed by atoms with Crippen molar-refractivity contribution in [1.29, 1.82) is 0 Å². The predicted octanol–water partition coefficient (Wildman–Crippen LogP) is 4.83. The average molecular weight is 311 g/mol. The summed E-state index contributed by atoms with van der Waals surface area (Å²) in [6.07, 6.45) is 1.11. The minimum atomic E-state index is -0.145. The molecule has 2 aromatic carbocycles. The lowest BCUT2D eigenvalue weighted by atomic mass is 9.99. The fourth-order valence-electron chi connectivity index (χ4n) is 2.46. The van der Waals surface area contributed by atoms with Crippen LogP contribution in [0.25, 0.3) is 0 Å². The van der Waals surface area contributed by atoms with Gasteiger partial charge in [0.1, 0.15) is 5.75 Å². The summed E-state index contributed by atoms with van der Waals surface area (Å²) in [6.45, 7) is 8.35. The molecule has 0 bridgehead atoms. The Hall–Kier alpha value is -2.29. The summed E-state index contributed by atoms with van der Waals surface area (Å²) in [6, 6.07) is 13.9. The van der Waals surface area contributed by atoms with E-state index in [1.54, 1.807) is 0 Å². The Morgan fingerprint density at radius 2 is 1.70 bits per heavy atom. The van der Waals surface area contributed by atoms with Crippen molar-refractivity contribution in [2.24, 2.45) is 0 Å². The minimum Gasteiger partial charge on any atom is -0.484 e. The van der Waals surface area contributed by atoms with E-state index in [0.717, 1.165) is 23.2 Å². The van der Waals surface area contributed by atoms with E-state index in [1.807, 2.05) is 44.2 Å². The zero-order valence-corrected chi connectivity index (χ0v) is 14.3. The van der Waals surface area contributed by atoms with Gasteiger partial charge in [0.2, 0.25) is 0 Å². The molecule has 0 aliphatic carbocycles. The molecule has 122 valence electrons. The van der Waals surface area contributed by atoms with Gasteiger partial charge in [-0.05, 0) is 55.0 Å². The van der Waals surface area contributed by atoms with Gasteiger partial charge in [-0.1, -0.05) is 44.2 Å². The van der Waals surface area contributed by atoms with Crippen LogP contribution in [0.3, 0.4) is 0 Å². The van der Waals surface area contributed by atoms with Gasteiger partial charge in [-0.3, -0.25) is 4.79 Å². The average Bonchev–Trinajstić information content (AvgIpc) is 2.56. The van der Waals surface area contributed by atoms with Crippen LogP contribution in [0.2, 0.25) is 0 Å². The number of para-hydroxylation sites is 1. The SMILES string of the molecule is CC[C@H](C)c1ccc(OCC(=O)Nc2c(C)cccc2C)cc1. The van der Waals surface area contributed by atoms with E-state index in [0.29, 0.717) is 11.7 Å². The number of carbonyl (C=O) groups excluding carboxylic acids is 1. The first-order chi connectivity index (χ1) is 11.0. The number of anilines is 1. The molecule has 23 heavy (non-hydrogen) atoms. The maximum absolute atomic E-state index is 12.1. The molecule has 0 aromatic heterocycles. The van der Waals surface area contributed by atoms with Crippen LogP contribution < -0.4 is 10.1 Å². The van der Waals surface area contributed by atoms with E-state index in [-0.39, 0.29) is 12.5 Å². The number of nitrogens with one attached hydrogen (secondary N) is 1. The molecule has 2 rings (SSSR count). The highest BCUT2D eigenvalue weighted by atomic mass is 16.5. The van der Waals surface area contributed by atoms with Gasteiger partial charge in [-0.25, -0.2) is 0 Å². The highest BCUT2D eigenvalue weighted by Gasteiger charge is 2.08. The van der Waals surface area contributed by atoms with Crippen molar-refractivity contribution in [1.82, 2.24) is 0 Å². The second-order valence-electron chi connectivity index (χ2n) is 5.98. The zero-order valence-electron chi connectivity index (χ0n) is 14.3. The molecule has 0 aliphatic heterocycles. The van der Waals surface area contributed by atoms with Gasteiger partial charge in [0.25, 0.3) is 5.91 Å². The van der Waals surface area contributed by atoms with Crippen LogP contribution in [-0.2, 0) is 4.79 Å². The van der Waals surface area contributed by atoms with Gasteiger partial charge in [0.15, 0.2) is 6.61 Å². The first-order valence-corrected chi connectivity index (χ1v) is 8.10. The van der Waals surface area contributed by atoms with Gasteiger partial charge in [0, 0.05) is 5.69 Å². The van der Waals surface area contributed by atoms with E-state index in [2.05, 4.69) is 31.3 Å². The molecule has 3 nitrogen and oxygen atoms in total. The van der Waals surface area contributed by atoms with Gasteiger partial charge in [-0.15, -0.1) is 0 Å². The van der Waals surface area contributed by atoms with Crippen LogP contribution >= 0.6 is 0 Å². The van der Waals surface area contributed by atoms with E-state index >= 15 is 0 Å². The largest absolute Gasteiger partial charge is 0.484 e. The minimum absolute atomic E-state index is 0.0104. The molecular formula is C20H25NO2. The number of hydrogen-bond acceptors (Lipinski definition) is 2. The van der Waals surface area contributed by atoms with Gasteiger partial charge in [-0.2, -0.15) is 0 Å². The molecule has 0 aliphatic rings. The number of amides is 1. The number of carbonyl (C=O) groups is 1. The highest BCUT2D eigenvalue weighted by molar-refractivity contribution is 5.93. The molecule has 0 radical (unpaired) electrons. The standard InChI is InChI=1S/C20H25NO2/c1-5-14(2)17-9-11-18(12-10-17)23-13-19(22)21-20-15(3)7-6-8-16(20)4/h6-12,14H,5,13H2,1-4H3,(H,21,22)/t14-/m0/s1. The number of rotatable bonds is 6. The lowest BCUT2D eigenvalue weighted by Gasteiger charge is -2.13. The van der Waals surface area contributed by atoms with Crippen molar-refractivity contribution in [3.8, 4) is 5.75 Å². The molecule has 0 fully saturated rings. The first kappa shape index (κ1) is 17.1. The van der Waals surface area contributed by atoms with Gasteiger partial charge in [0.05, 0.1) is 0 Å². The molecule has 0 saturated heterocycles. The van der Waals surface area contributed by atoms with Gasteiger partial charge >= 0.3 is 0 Å². The Morgan fingerprint density at radius 1 is 1.09 bits per heavy atom. The number of aryl methyl sites for hydroxylation is 2. The van der Waals surface area contributed by atoms with Crippen LogP contribution in [0.4, 0.5) is 5.69 Å². The summed E-state index contributed by atoms with van der Waals surface area (Å²) < 4.78 is 5.58. The van der Waals surface area contributed by atoms with Crippen molar-refractivity contribution in [3.63, 3.8) is 0 Å². The summed E-state index contributed by atoms with van der Waals surface area (Å²) in [5, 5.41) is 2.92. The maximum Gasteiger partial charge on any atom is 0.262 e. The van der Waals surface area contributed by atoms with Crippen LogP contribution in [0.1, 0.15) is 42.9 Å². The first-order valence-electron chi connectivity index (χ1n) is 8.10. The molecule has 1 N–H and O–H groups in total. The number of hydrogen-bond donors (Lipinski definition) is 1. The Morgan fingerprint density at radius 3 is 2.26 bits per heavy atom. The third kappa shape index (κ3) is 4.59. The summed E-state index contributed by atoms with van der Waals surface area (Å²) in [5.74, 6) is 1.11. The lowest BCUT2D eigenvalue weighted by molar-refractivity contribution is -0.118. The monoisotopic (exact) mass is 311 g/mol. The second-order valence-corrected chi connectivity index (χ2v) is 5.98. The van der Waals surface area contributed by atoms with Crippen molar-refractivity contribution < 1.29 is 9.53 Å².